The fourth-order valence-electron chi connectivity index (χ4n) is 3.95. The topological polar surface area (TPSA) is 49.3 Å². The van der Waals surface area contributed by atoms with Crippen LogP contribution in [0.2, 0.25) is 5.02 Å². The number of likely N-dealkylation sites (tertiary alicyclic amines) is 1. The Kier molecular flexibility index (Phi) is 5.72. The van der Waals surface area contributed by atoms with E-state index in [1.165, 1.54) is 0 Å². The highest BCUT2D eigenvalue weighted by molar-refractivity contribution is 6.31. The van der Waals surface area contributed by atoms with Gasteiger partial charge in [0.05, 0.1) is 5.52 Å². The van der Waals surface area contributed by atoms with E-state index in [1.807, 2.05) is 23.1 Å². The van der Waals surface area contributed by atoms with Crippen molar-refractivity contribution in [3.8, 4) is 0 Å². The Bertz CT molecular complexity index is 859. The maximum absolute atomic E-state index is 12.6. The molecule has 0 atom stereocenters. The van der Waals surface area contributed by atoms with Crippen LogP contribution in [-0.2, 0) is 4.79 Å². The van der Waals surface area contributed by atoms with Crippen molar-refractivity contribution in [1.29, 1.82) is 0 Å². The van der Waals surface area contributed by atoms with Crippen LogP contribution in [0.3, 0.4) is 0 Å². The minimum absolute atomic E-state index is 0.259. The molecule has 0 N–H and O–H groups in total. The minimum Gasteiger partial charge on any atom is -0.355 e. The van der Waals surface area contributed by atoms with Crippen LogP contribution in [0.1, 0.15) is 57.7 Å². The summed E-state index contributed by atoms with van der Waals surface area (Å²) in [7, 11) is 0. The van der Waals surface area contributed by atoms with Crippen LogP contribution in [-0.4, -0.2) is 47.0 Å². The molecule has 1 saturated heterocycles. The predicted octanol–water partition coefficient (Wildman–Crippen LogP) is 4.64. The van der Waals surface area contributed by atoms with E-state index in [1.54, 1.807) is 0 Å². The zero-order valence-corrected chi connectivity index (χ0v) is 17.6. The monoisotopic (exact) mass is 400 g/mol. The molecular formula is C22H29ClN4O. The summed E-state index contributed by atoms with van der Waals surface area (Å²) >= 11 is 6.23. The number of anilines is 1. The number of hydrogen-bond donors (Lipinski definition) is 0. The molecule has 6 heteroatoms. The van der Waals surface area contributed by atoms with Crippen molar-refractivity contribution >= 4 is 34.2 Å². The summed E-state index contributed by atoms with van der Waals surface area (Å²) in [5, 5.41) is 1.71. The van der Waals surface area contributed by atoms with Crippen molar-refractivity contribution < 1.29 is 4.79 Å². The quantitative estimate of drug-likeness (QED) is 0.679. The van der Waals surface area contributed by atoms with Gasteiger partial charge >= 0.3 is 0 Å². The van der Waals surface area contributed by atoms with E-state index in [2.05, 4.69) is 18.7 Å². The van der Waals surface area contributed by atoms with E-state index in [0.717, 1.165) is 67.9 Å². The number of aromatic nitrogens is 2. The van der Waals surface area contributed by atoms with E-state index in [0.29, 0.717) is 29.8 Å². The first-order valence-electron chi connectivity index (χ1n) is 10.5. The molecule has 1 aliphatic heterocycles. The van der Waals surface area contributed by atoms with Gasteiger partial charge < -0.3 is 9.80 Å². The van der Waals surface area contributed by atoms with Gasteiger partial charge in [0.15, 0.2) is 0 Å². The summed E-state index contributed by atoms with van der Waals surface area (Å²) in [6.45, 7) is 7.78. The zero-order valence-electron chi connectivity index (χ0n) is 16.8. The Morgan fingerprint density at radius 3 is 2.68 bits per heavy atom. The van der Waals surface area contributed by atoms with Gasteiger partial charge in [0.1, 0.15) is 11.6 Å². The Morgan fingerprint density at radius 1 is 1.25 bits per heavy atom. The number of rotatable bonds is 7. The molecule has 1 aromatic carbocycles. The first-order valence-corrected chi connectivity index (χ1v) is 10.9. The van der Waals surface area contributed by atoms with Crippen molar-refractivity contribution in [2.24, 2.45) is 5.92 Å². The summed E-state index contributed by atoms with van der Waals surface area (Å²) in [4.78, 5) is 26.6. The fraction of sp³-hybridized carbons (Fsp3) is 0.591. The Morgan fingerprint density at radius 2 is 2.00 bits per heavy atom. The molecule has 5 nitrogen and oxygen atoms in total. The second-order valence-electron chi connectivity index (χ2n) is 8.52. The van der Waals surface area contributed by atoms with E-state index in [-0.39, 0.29) is 5.91 Å². The van der Waals surface area contributed by atoms with Crippen LogP contribution < -0.4 is 4.90 Å². The molecule has 2 fully saturated rings. The van der Waals surface area contributed by atoms with Crippen LogP contribution in [0.15, 0.2) is 18.2 Å². The fourth-order valence-corrected chi connectivity index (χ4v) is 4.11. The molecule has 1 saturated carbocycles. The molecule has 0 unspecified atom stereocenters. The second kappa shape index (κ2) is 8.24. The van der Waals surface area contributed by atoms with Gasteiger partial charge in [-0.25, -0.2) is 9.97 Å². The lowest BCUT2D eigenvalue weighted by Gasteiger charge is -2.28. The number of fused-ring (bicyclic) bond motifs is 1. The van der Waals surface area contributed by atoms with Crippen molar-refractivity contribution in [1.82, 2.24) is 14.9 Å². The summed E-state index contributed by atoms with van der Waals surface area (Å²) in [5.74, 6) is 3.07. The average Bonchev–Trinajstić information content (AvgIpc) is 3.37. The third-order valence-electron chi connectivity index (χ3n) is 5.54. The number of hydrogen-bond acceptors (Lipinski definition) is 4. The highest BCUT2D eigenvalue weighted by Gasteiger charge is 2.29. The van der Waals surface area contributed by atoms with Gasteiger partial charge in [0.2, 0.25) is 5.91 Å². The first-order chi connectivity index (χ1) is 13.5. The minimum atomic E-state index is 0.259. The standard InChI is InChI=1S/C22H29ClN4O/c1-15(2)14-27(12-9-20(28)26-10-3-4-11-26)22-18-8-7-17(23)13-19(18)24-21(25-22)16-5-6-16/h7-8,13,15-16H,3-6,9-12,14H2,1-2H3. The molecule has 2 heterocycles. The smallest absolute Gasteiger partial charge is 0.224 e. The molecule has 0 spiro atoms. The number of halogens is 1. The van der Waals surface area contributed by atoms with Crippen molar-refractivity contribution in [3.05, 3.63) is 29.0 Å². The molecular weight excluding hydrogens is 372 g/mol. The van der Waals surface area contributed by atoms with Crippen molar-refractivity contribution in [2.75, 3.05) is 31.1 Å². The molecule has 1 aliphatic carbocycles. The van der Waals surface area contributed by atoms with Gasteiger partial charge in [0.25, 0.3) is 0 Å². The van der Waals surface area contributed by atoms with Gasteiger partial charge in [-0.2, -0.15) is 0 Å². The van der Waals surface area contributed by atoms with Gasteiger partial charge in [-0.15, -0.1) is 0 Å². The molecule has 2 aromatic rings. The molecule has 2 aliphatic rings. The van der Waals surface area contributed by atoms with Crippen molar-refractivity contribution in [2.45, 2.75) is 51.9 Å². The Hall–Kier alpha value is -1.88. The predicted molar refractivity (Wildman–Crippen MR) is 114 cm³/mol. The second-order valence-corrected chi connectivity index (χ2v) is 8.96. The number of carbonyl (C=O) groups excluding carboxylic acids is 1. The molecule has 1 aromatic heterocycles. The van der Waals surface area contributed by atoms with Gasteiger partial charge in [-0.05, 0) is 49.8 Å². The zero-order chi connectivity index (χ0) is 19.7. The van der Waals surface area contributed by atoms with Gasteiger partial charge in [-0.3, -0.25) is 4.79 Å². The third kappa shape index (κ3) is 4.40. The van der Waals surface area contributed by atoms with Crippen LogP contribution in [0.4, 0.5) is 5.82 Å². The molecule has 0 radical (unpaired) electrons. The molecule has 1 amide bonds. The lowest BCUT2D eigenvalue weighted by Crippen LogP contribution is -2.35. The maximum atomic E-state index is 12.6. The van der Waals surface area contributed by atoms with E-state index >= 15 is 0 Å². The van der Waals surface area contributed by atoms with Crippen molar-refractivity contribution in [3.63, 3.8) is 0 Å². The first kappa shape index (κ1) is 19.4. The van der Waals surface area contributed by atoms with Crippen LogP contribution in [0.25, 0.3) is 10.9 Å². The Labute approximate surface area is 172 Å². The van der Waals surface area contributed by atoms with E-state index in [4.69, 9.17) is 21.6 Å². The highest BCUT2D eigenvalue weighted by atomic mass is 35.5. The van der Waals surface area contributed by atoms with Gasteiger partial charge in [0, 0.05) is 48.9 Å². The lowest BCUT2D eigenvalue weighted by atomic mass is 10.1. The molecule has 0 bridgehead atoms. The van der Waals surface area contributed by atoms with E-state index < -0.39 is 0 Å². The van der Waals surface area contributed by atoms with E-state index in [9.17, 15) is 4.79 Å². The van der Waals surface area contributed by atoms with Crippen LogP contribution in [0.5, 0.6) is 0 Å². The molecule has 150 valence electrons. The SMILES string of the molecule is CC(C)CN(CCC(=O)N1CCCC1)c1nc(C2CC2)nc2cc(Cl)ccc12. The summed E-state index contributed by atoms with van der Waals surface area (Å²) in [6, 6.07) is 5.84. The lowest BCUT2D eigenvalue weighted by molar-refractivity contribution is -0.129. The Balaban J connectivity index is 1.64. The van der Waals surface area contributed by atoms with Gasteiger partial charge in [-0.1, -0.05) is 25.4 Å². The van der Waals surface area contributed by atoms with Crippen LogP contribution in [0, 0.1) is 5.92 Å². The molecule has 28 heavy (non-hydrogen) atoms. The average molecular weight is 401 g/mol. The third-order valence-corrected chi connectivity index (χ3v) is 5.77. The maximum Gasteiger partial charge on any atom is 0.224 e. The van der Waals surface area contributed by atoms with Crippen LogP contribution >= 0.6 is 11.6 Å². The largest absolute Gasteiger partial charge is 0.355 e. The number of nitrogens with zero attached hydrogens (tertiary/aromatic N) is 4. The highest BCUT2D eigenvalue weighted by Crippen LogP contribution is 2.40. The number of benzene rings is 1. The number of amides is 1. The normalized spacial score (nSPS) is 16.9. The summed E-state index contributed by atoms with van der Waals surface area (Å²) in [6.07, 6.45) is 5.10. The number of carbonyl (C=O) groups is 1. The summed E-state index contributed by atoms with van der Waals surface area (Å²) < 4.78 is 0. The summed E-state index contributed by atoms with van der Waals surface area (Å²) in [5.41, 5.74) is 0.902. The molecule has 4 rings (SSSR count).